The first-order valence-corrected chi connectivity index (χ1v) is 16.3. The molecule has 10 nitrogen and oxygen atoms in total. The molecule has 1 saturated heterocycles. The van der Waals surface area contributed by atoms with Crippen LogP contribution in [-0.2, 0) is 41.7 Å². The van der Waals surface area contributed by atoms with E-state index < -0.39 is 40.8 Å². The number of carbonyl (C=O) groups is 5. The molecule has 0 aromatic heterocycles. The molecule has 47 heavy (non-hydrogen) atoms. The second kappa shape index (κ2) is 16.3. The molecule has 1 heterocycles. The standard InChI is InChI=1S/C36H40N2O8S/c1-24(39)47-31(21-25-15-17-28(18-16-25)45-35(43)44-23-26-11-7-5-8-12-26)33(41)37-22-32(40)38-29(27-13-9-6-10-14-27)19-20-30(38)34(42)46-36(2,3)4/h5-18,29-31H,19-23H2,1-4H3,(H,37,41)/t29?,30-,31?/m0/s1. The summed E-state index contributed by atoms with van der Waals surface area (Å²) in [6, 6.07) is 24.0. The summed E-state index contributed by atoms with van der Waals surface area (Å²) in [5, 5.41) is 1.60. The van der Waals surface area contributed by atoms with Gasteiger partial charge in [-0.15, -0.1) is 0 Å². The summed E-state index contributed by atoms with van der Waals surface area (Å²) in [4.78, 5) is 65.8. The van der Waals surface area contributed by atoms with Gasteiger partial charge in [-0.05, 0) is 68.9 Å². The Morgan fingerprint density at radius 3 is 2.13 bits per heavy atom. The highest BCUT2D eigenvalue weighted by Gasteiger charge is 2.43. The van der Waals surface area contributed by atoms with E-state index in [0.29, 0.717) is 18.4 Å². The van der Waals surface area contributed by atoms with Crippen molar-refractivity contribution < 1.29 is 38.2 Å². The van der Waals surface area contributed by atoms with Gasteiger partial charge in [-0.1, -0.05) is 84.6 Å². The lowest BCUT2D eigenvalue weighted by molar-refractivity contribution is -0.164. The maximum absolute atomic E-state index is 13.6. The van der Waals surface area contributed by atoms with E-state index in [1.54, 1.807) is 45.0 Å². The van der Waals surface area contributed by atoms with Gasteiger partial charge in [-0.25, -0.2) is 9.59 Å². The van der Waals surface area contributed by atoms with Crippen LogP contribution in [0.3, 0.4) is 0 Å². The molecule has 1 aliphatic heterocycles. The van der Waals surface area contributed by atoms with E-state index in [1.165, 1.54) is 11.8 Å². The molecule has 0 radical (unpaired) electrons. The molecule has 0 spiro atoms. The molecule has 11 heteroatoms. The molecular weight excluding hydrogens is 620 g/mol. The van der Waals surface area contributed by atoms with E-state index in [9.17, 15) is 24.0 Å². The SMILES string of the molecule is CC(=O)SC(Cc1ccc(OC(=O)OCc2ccccc2)cc1)C(=O)NCC(=O)N1C(c2ccccc2)CC[C@H]1C(=O)OC(C)(C)C. The van der Waals surface area contributed by atoms with E-state index in [2.05, 4.69) is 5.32 Å². The number of carbonyl (C=O) groups excluding carboxylic acids is 5. The number of nitrogens with zero attached hydrogens (tertiary/aromatic N) is 1. The first kappa shape index (κ1) is 35.2. The van der Waals surface area contributed by atoms with Gasteiger partial charge in [0.2, 0.25) is 11.8 Å². The van der Waals surface area contributed by atoms with Gasteiger partial charge in [0, 0.05) is 6.92 Å². The molecule has 0 aliphatic carbocycles. The maximum atomic E-state index is 13.6. The Balaban J connectivity index is 1.38. The zero-order valence-corrected chi connectivity index (χ0v) is 27.8. The van der Waals surface area contributed by atoms with Gasteiger partial charge < -0.3 is 24.4 Å². The van der Waals surface area contributed by atoms with Gasteiger partial charge in [0.15, 0.2) is 5.12 Å². The molecular formula is C36H40N2O8S. The molecule has 1 fully saturated rings. The monoisotopic (exact) mass is 660 g/mol. The third-order valence-corrected chi connectivity index (χ3v) is 8.29. The number of hydrogen-bond donors (Lipinski definition) is 1. The highest BCUT2D eigenvalue weighted by Crippen LogP contribution is 2.37. The molecule has 0 bridgehead atoms. The van der Waals surface area contributed by atoms with Crippen molar-refractivity contribution in [2.75, 3.05) is 6.54 Å². The molecule has 3 atom stereocenters. The van der Waals surface area contributed by atoms with Crippen LogP contribution in [-0.4, -0.2) is 57.4 Å². The average Bonchev–Trinajstić information content (AvgIpc) is 3.49. The van der Waals surface area contributed by atoms with Crippen LogP contribution in [0.1, 0.15) is 63.3 Å². The molecule has 2 unspecified atom stereocenters. The number of nitrogens with one attached hydrogen (secondary N) is 1. The minimum atomic E-state index is -0.850. The van der Waals surface area contributed by atoms with Crippen molar-refractivity contribution in [2.24, 2.45) is 0 Å². The van der Waals surface area contributed by atoms with Crippen molar-refractivity contribution >= 4 is 40.8 Å². The highest BCUT2D eigenvalue weighted by molar-refractivity contribution is 8.14. The Hall–Kier alpha value is -4.64. The van der Waals surface area contributed by atoms with Crippen LogP contribution in [0.2, 0.25) is 0 Å². The molecule has 1 N–H and O–H groups in total. The molecule has 4 rings (SSSR count). The first-order valence-electron chi connectivity index (χ1n) is 15.4. The number of rotatable bonds is 11. The van der Waals surface area contributed by atoms with Crippen molar-refractivity contribution in [2.45, 2.75) is 76.5 Å². The molecule has 2 amide bonds. The number of benzene rings is 3. The third-order valence-electron chi connectivity index (χ3n) is 7.30. The fourth-order valence-electron chi connectivity index (χ4n) is 5.27. The van der Waals surface area contributed by atoms with E-state index in [0.717, 1.165) is 22.9 Å². The minimum Gasteiger partial charge on any atom is -0.458 e. The normalized spacial score (nSPS) is 16.6. The van der Waals surface area contributed by atoms with E-state index in [-0.39, 0.29) is 36.5 Å². The molecule has 1 aliphatic rings. The maximum Gasteiger partial charge on any atom is 0.514 e. The summed E-state index contributed by atoms with van der Waals surface area (Å²) in [5.41, 5.74) is 1.70. The summed E-state index contributed by atoms with van der Waals surface area (Å²) in [5.74, 6) is -1.14. The number of thioether (sulfide) groups is 1. The van der Waals surface area contributed by atoms with E-state index in [1.807, 2.05) is 60.7 Å². The molecule has 3 aromatic rings. The number of amides is 2. The number of esters is 1. The Morgan fingerprint density at radius 2 is 1.51 bits per heavy atom. The lowest BCUT2D eigenvalue weighted by atomic mass is 10.0. The van der Waals surface area contributed by atoms with Gasteiger partial charge in [0.05, 0.1) is 17.8 Å². The van der Waals surface area contributed by atoms with Crippen LogP contribution in [0.25, 0.3) is 0 Å². The summed E-state index contributed by atoms with van der Waals surface area (Å²) < 4.78 is 16.0. The predicted molar refractivity (Wildman–Crippen MR) is 177 cm³/mol. The van der Waals surface area contributed by atoms with Crippen LogP contribution in [0, 0.1) is 0 Å². The minimum absolute atomic E-state index is 0.0751. The lowest BCUT2D eigenvalue weighted by Crippen LogP contribution is -2.49. The van der Waals surface area contributed by atoms with Gasteiger partial charge in [-0.3, -0.25) is 14.4 Å². The predicted octanol–water partition coefficient (Wildman–Crippen LogP) is 5.78. The topological polar surface area (TPSA) is 128 Å². The van der Waals surface area contributed by atoms with Crippen molar-refractivity contribution in [3.8, 4) is 5.75 Å². The molecule has 0 saturated carbocycles. The summed E-state index contributed by atoms with van der Waals surface area (Å²) in [6.07, 6.45) is 0.333. The van der Waals surface area contributed by atoms with Crippen molar-refractivity contribution in [3.63, 3.8) is 0 Å². The number of ether oxygens (including phenoxy) is 3. The second-order valence-electron chi connectivity index (χ2n) is 12.1. The van der Waals surface area contributed by atoms with Crippen LogP contribution in [0.4, 0.5) is 4.79 Å². The van der Waals surface area contributed by atoms with Gasteiger partial charge in [0.25, 0.3) is 0 Å². The van der Waals surface area contributed by atoms with Gasteiger partial charge in [0.1, 0.15) is 24.0 Å². The largest absolute Gasteiger partial charge is 0.514 e. The Morgan fingerprint density at radius 1 is 0.872 bits per heavy atom. The van der Waals surface area contributed by atoms with Crippen LogP contribution in [0.15, 0.2) is 84.9 Å². The van der Waals surface area contributed by atoms with Crippen molar-refractivity contribution in [3.05, 3.63) is 102 Å². The van der Waals surface area contributed by atoms with E-state index in [4.69, 9.17) is 14.2 Å². The quantitative estimate of drug-likeness (QED) is 0.201. The van der Waals surface area contributed by atoms with Gasteiger partial charge >= 0.3 is 12.1 Å². The Labute approximate surface area is 279 Å². The zero-order chi connectivity index (χ0) is 34.0. The first-order chi connectivity index (χ1) is 22.4. The zero-order valence-electron chi connectivity index (χ0n) is 27.0. The number of likely N-dealkylation sites (tertiary alicyclic amines) is 1. The smallest absolute Gasteiger partial charge is 0.458 e. The van der Waals surface area contributed by atoms with Crippen LogP contribution < -0.4 is 10.1 Å². The average molecular weight is 661 g/mol. The van der Waals surface area contributed by atoms with Crippen molar-refractivity contribution in [1.29, 1.82) is 0 Å². The molecule has 248 valence electrons. The summed E-state index contributed by atoms with van der Waals surface area (Å²) in [6.45, 7) is 6.41. The fraction of sp³-hybridized carbons (Fsp3) is 0.361. The lowest BCUT2D eigenvalue weighted by Gasteiger charge is -2.31. The van der Waals surface area contributed by atoms with Gasteiger partial charge in [-0.2, -0.15) is 0 Å². The Kier molecular flexibility index (Phi) is 12.2. The highest BCUT2D eigenvalue weighted by atomic mass is 32.2. The number of hydrogen-bond acceptors (Lipinski definition) is 9. The van der Waals surface area contributed by atoms with Crippen LogP contribution in [0.5, 0.6) is 5.75 Å². The van der Waals surface area contributed by atoms with E-state index >= 15 is 0 Å². The second-order valence-corrected chi connectivity index (χ2v) is 13.5. The van der Waals surface area contributed by atoms with Crippen LogP contribution >= 0.6 is 11.8 Å². The fourth-order valence-corrected chi connectivity index (χ4v) is 6.14. The summed E-state index contributed by atoms with van der Waals surface area (Å²) in [7, 11) is 0. The summed E-state index contributed by atoms with van der Waals surface area (Å²) >= 11 is 0.860. The van der Waals surface area contributed by atoms with Crippen molar-refractivity contribution in [1.82, 2.24) is 10.2 Å². The third kappa shape index (κ3) is 10.7. The molecule has 3 aromatic carbocycles. The Bertz CT molecular complexity index is 1540.